The lowest BCUT2D eigenvalue weighted by molar-refractivity contribution is 0.0962. The normalized spacial score (nSPS) is 16.8. The first-order valence-corrected chi connectivity index (χ1v) is 15.2. The van der Waals surface area contributed by atoms with Crippen molar-refractivity contribution in [2.24, 2.45) is 11.3 Å². The fourth-order valence-corrected chi connectivity index (χ4v) is 4.96. The largest absolute Gasteiger partial charge is 0.495 e. The number of hydrogen-bond acceptors (Lipinski definition) is 5. The summed E-state index contributed by atoms with van der Waals surface area (Å²) in [6, 6.07) is 18.5. The van der Waals surface area contributed by atoms with Crippen molar-refractivity contribution < 1.29 is 18.3 Å². The van der Waals surface area contributed by atoms with Crippen LogP contribution >= 0.6 is 23.2 Å². The van der Waals surface area contributed by atoms with Gasteiger partial charge in [-0.25, -0.2) is 8.78 Å². The highest BCUT2D eigenvalue weighted by Crippen LogP contribution is 2.38. The summed E-state index contributed by atoms with van der Waals surface area (Å²) in [6.45, 7) is 11.1. The monoisotopic (exact) mass is 648 g/mol. The van der Waals surface area contributed by atoms with E-state index in [0.29, 0.717) is 28.4 Å². The van der Waals surface area contributed by atoms with Gasteiger partial charge in [0.1, 0.15) is 17.4 Å². The first-order valence-electron chi connectivity index (χ1n) is 14.4. The number of amides is 1. The summed E-state index contributed by atoms with van der Waals surface area (Å²) in [5.41, 5.74) is 2.13. The van der Waals surface area contributed by atoms with Gasteiger partial charge in [-0.2, -0.15) is 5.26 Å². The van der Waals surface area contributed by atoms with Gasteiger partial charge < -0.3 is 20.7 Å². The molecule has 240 valence electrons. The van der Waals surface area contributed by atoms with Crippen LogP contribution in [0.25, 0.3) is 0 Å². The van der Waals surface area contributed by atoms with Crippen molar-refractivity contribution in [1.82, 2.24) is 10.6 Å². The van der Waals surface area contributed by atoms with E-state index in [2.05, 4.69) is 42.8 Å². The molecular formula is C34H44Cl2F2N4O2. The third kappa shape index (κ3) is 12.0. The predicted octanol–water partition coefficient (Wildman–Crippen LogP) is 8.71. The lowest BCUT2D eigenvalue weighted by Gasteiger charge is -2.26. The Balaban J connectivity index is 0.000000349. The third-order valence-electron chi connectivity index (χ3n) is 6.58. The number of nitriles is 1. The number of benzene rings is 3. The lowest BCUT2D eigenvalue weighted by atomic mass is 9.79. The molecule has 6 nitrogen and oxygen atoms in total. The number of anilines is 1. The zero-order chi connectivity index (χ0) is 33.4. The second-order valence-electron chi connectivity index (χ2n) is 10.9. The molecule has 3 atom stereocenters. The van der Waals surface area contributed by atoms with Gasteiger partial charge in [-0.3, -0.25) is 4.79 Å². The van der Waals surface area contributed by atoms with Crippen molar-refractivity contribution in [1.29, 1.82) is 5.26 Å². The minimum atomic E-state index is -0.391. The molecule has 10 heteroatoms. The van der Waals surface area contributed by atoms with Crippen LogP contribution in [0, 0.1) is 34.3 Å². The summed E-state index contributed by atoms with van der Waals surface area (Å²) in [4.78, 5) is 11.3. The van der Waals surface area contributed by atoms with E-state index in [4.69, 9.17) is 27.9 Å². The van der Waals surface area contributed by atoms with Crippen LogP contribution in [-0.4, -0.2) is 39.7 Å². The standard InChI is InChI=1S/C16H20ClFN2.C10H14N2O2.C6H4ClF.C2H6/c1-16(2,3)7-14-11(8-19)12(9-20-14)10-5-4-6-13(17)15(10)18;1-11-8-5-4-7(10(13)12-2)6-9(8)14-3;7-5-2-1-3-6(8)4-5;1-2/h4-6,11-12,14,20H,7,9H2,1-3H3;4-6,11H,1-3H3,(H,12,13);1-4H;1-2H3. The second kappa shape index (κ2) is 19.1. The minimum absolute atomic E-state index is 0.100. The molecule has 1 fully saturated rings. The Morgan fingerprint density at radius 3 is 2.23 bits per heavy atom. The number of nitrogens with zero attached hydrogens (tertiary/aromatic N) is 1. The SMILES string of the molecule is CC.CC(C)(C)CC1NCC(c2cccc(Cl)c2F)C1C#N.CNC(=O)c1ccc(NC)c(OC)c1.Fc1cccc(Cl)c1. The van der Waals surface area contributed by atoms with Crippen molar-refractivity contribution in [3.63, 3.8) is 0 Å². The Kier molecular flexibility index (Phi) is 16.8. The second-order valence-corrected chi connectivity index (χ2v) is 11.7. The summed E-state index contributed by atoms with van der Waals surface area (Å²) < 4.78 is 31.4. The zero-order valence-corrected chi connectivity index (χ0v) is 28.2. The van der Waals surface area contributed by atoms with Crippen molar-refractivity contribution in [3.05, 3.63) is 93.5 Å². The number of carbonyl (C=O) groups is 1. The summed E-state index contributed by atoms with van der Waals surface area (Å²) in [5.74, 6) is -0.497. The van der Waals surface area contributed by atoms with E-state index in [1.807, 2.05) is 19.9 Å². The summed E-state index contributed by atoms with van der Waals surface area (Å²) in [7, 11) is 4.97. The molecule has 1 aliphatic rings. The maximum Gasteiger partial charge on any atom is 0.251 e. The van der Waals surface area contributed by atoms with Crippen molar-refractivity contribution in [3.8, 4) is 11.8 Å². The average Bonchev–Trinajstić information content (AvgIpc) is 3.39. The Morgan fingerprint density at radius 2 is 1.73 bits per heavy atom. The predicted molar refractivity (Wildman–Crippen MR) is 178 cm³/mol. The summed E-state index contributed by atoms with van der Waals surface area (Å²) in [5, 5.41) is 18.9. The van der Waals surface area contributed by atoms with E-state index in [-0.39, 0.29) is 40.0 Å². The van der Waals surface area contributed by atoms with Gasteiger partial charge >= 0.3 is 0 Å². The molecule has 0 radical (unpaired) electrons. The van der Waals surface area contributed by atoms with Gasteiger partial charge in [0.15, 0.2) is 0 Å². The molecule has 44 heavy (non-hydrogen) atoms. The van der Waals surface area contributed by atoms with Crippen LogP contribution in [0.3, 0.4) is 0 Å². The number of ether oxygens (including phenoxy) is 1. The van der Waals surface area contributed by atoms with E-state index >= 15 is 0 Å². The van der Waals surface area contributed by atoms with Gasteiger partial charge in [0, 0.05) is 43.2 Å². The molecule has 3 N–H and O–H groups in total. The molecule has 1 saturated heterocycles. The summed E-state index contributed by atoms with van der Waals surface area (Å²) >= 11 is 11.3. The molecule has 3 unspecified atom stereocenters. The van der Waals surface area contributed by atoms with Crippen molar-refractivity contribution in [2.45, 2.75) is 53.0 Å². The van der Waals surface area contributed by atoms with E-state index in [0.717, 1.165) is 12.1 Å². The van der Waals surface area contributed by atoms with Crippen LogP contribution in [0.5, 0.6) is 5.75 Å². The first kappa shape index (κ1) is 38.6. The fraction of sp³-hybridized carbons (Fsp3) is 0.412. The quantitative estimate of drug-likeness (QED) is 0.258. The molecule has 0 aromatic heterocycles. The van der Waals surface area contributed by atoms with Gasteiger partial charge in [0.25, 0.3) is 5.91 Å². The topological polar surface area (TPSA) is 86.2 Å². The highest BCUT2D eigenvalue weighted by atomic mass is 35.5. The Bertz CT molecular complexity index is 1360. The molecule has 1 amide bonds. The van der Waals surface area contributed by atoms with Crippen LogP contribution in [0.15, 0.2) is 60.7 Å². The molecule has 4 rings (SSSR count). The van der Waals surface area contributed by atoms with Crippen LogP contribution < -0.4 is 20.7 Å². The van der Waals surface area contributed by atoms with E-state index in [1.54, 1.807) is 57.6 Å². The van der Waals surface area contributed by atoms with E-state index in [1.165, 1.54) is 18.2 Å². The molecule has 0 spiro atoms. The Labute approximate surface area is 271 Å². The van der Waals surface area contributed by atoms with Gasteiger partial charge in [-0.15, -0.1) is 0 Å². The van der Waals surface area contributed by atoms with Gasteiger partial charge in [0.2, 0.25) is 0 Å². The summed E-state index contributed by atoms with van der Waals surface area (Å²) in [6.07, 6.45) is 0.893. The van der Waals surface area contributed by atoms with Gasteiger partial charge in [-0.1, -0.05) is 76.0 Å². The average molecular weight is 650 g/mol. The highest BCUT2D eigenvalue weighted by molar-refractivity contribution is 6.31. The smallest absolute Gasteiger partial charge is 0.251 e. The molecular weight excluding hydrogens is 605 g/mol. The van der Waals surface area contributed by atoms with Crippen LogP contribution in [-0.2, 0) is 0 Å². The van der Waals surface area contributed by atoms with Crippen LogP contribution in [0.1, 0.15) is 62.9 Å². The number of halogens is 4. The minimum Gasteiger partial charge on any atom is -0.495 e. The van der Waals surface area contributed by atoms with Crippen LogP contribution in [0.2, 0.25) is 10.0 Å². The number of carbonyl (C=O) groups excluding carboxylic acids is 1. The Morgan fingerprint density at radius 1 is 1.07 bits per heavy atom. The van der Waals surface area contributed by atoms with E-state index < -0.39 is 5.82 Å². The molecule has 3 aromatic rings. The van der Waals surface area contributed by atoms with E-state index in [9.17, 15) is 18.8 Å². The number of nitrogens with one attached hydrogen (secondary N) is 3. The van der Waals surface area contributed by atoms with Gasteiger partial charge in [0.05, 0.1) is 29.8 Å². The molecule has 0 saturated carbocycles. The number of rotatable bonds is 5. The van der Waals surface area contributed by atoms with Gasteiger partial charge in [-0.05, 0) is 59.9 Å². The Hall–Kier alpha value is -3.38. The van der Waals surface area contributed by atoms with Crippen LogP contribution in [0.4, 0.5) is 14.5 Å². The number of methoxy groups -OCH3 is 1. The first-order chi connectivity index (χ1) is 20.8. The molecule has 1 aliphatic heterocycles. The lowest BCUT2D eigenvalue weighted by Crippen LogP contribution is -2.31. The maximum absolute atomic E-state index is 14.2. The molecule has 3 aromatic carbocycles. The third-order valence-corrected chi connectivity index (χ3v) is 7.10. The molecule has 0 aliphatic carbocycles. The zero-order valence-electron chi connectivity index (χ0n) is 26.7. The maximum atomic E-state index is 14.2. The van der Waals surface area contributed by atoms with Crippen molar-refractivity contribution >= 4 is 34.8 Å². The highest BCUT2D eigenvalue weighted by Gasteiger charge is 2.39. The number of hydrogen-bond donors (Lipinski definition) is 3. The fourth-order valence-electron chi connectivity index (χ4n) is 4.61. The van der Waals surface area contributed by atoms with Crippen molar-refractivity contribution in [2.75, 3.05) is 33.1 Å². The molecule has 1 heterocycles. The molecule has 0 bridgehead atoms.